The van der Waals surface area contributed by atoms with Gasteiger partial charge in [-0.25, -0.2) is 4.98 Å². The predicted octanol–water partition coefficient (Wildman–Crippen LogP) is 2.60. The summed E-state index contributed by atoms with van der Waals surface area (Å²) in [5, 5.41) is 0. The first-order chi connectivity index (χ1) is 8.08. The van der Waals surface area contributed by atoms with E-state index < -0.39 is 0 Å². The monoisotopic (exact) mass is 233 g/mol. The fourth-order valence-corrected chi connectivity index (χ4v) is 1.44. The predicted molar refractivity (Wildman–Crippen MR) is 70.2 cm³/mol. The number of aryl methyl sites for hydroxylation is 1. The second-order valence-corrected chi connectivity index (χ2v) is 3.81. The van der Waals surface area contributed by atoms with Gasteiger partial charge in [0.1, 0.15) is 0 Å². The first-order valence-electron chi connectivity index (χ1n) is 5.76. The number of amides is 1. The van der Waals surface area contributed by atoms with E-state index in [9.17, 15) is 4.79 Å². The van der Waals surface area contributed by atoms with E-state index in [2.05, 4.69) is 9.97 Å². The van der Waals surface area contributed by atoms with Gasteiger partial charge in [-0.15, -0.1) is 0 Å². The van der Waals surface area contributed by atoms with E-state index in [4.69, 9.17) is 0 Å². The zero-order chi connectivity index (χ0) is 13.0. The Hall–Kier alpha value is -1.84. The van der Waals surface area contributed by atoms with Crippen LogP contribution in [0.15, 0.2) is 18.2 Å². The molecule has 0 saturated heterocycles. The van der Waals surface area contributed by atoms with Gasteiger partial charge in [0.15, 0.2) is 5.82 Å². The minimum Gasteiger partial charge on any atom is -0.342 e. The molecule has 0 bridgehead atoms. The van der Waals surface area contributed by atoms with Gasteiger partial charge in [0.05, 0.1) is 11.0 Å². The number of nitrogens with one attached hydrogen (secondary N) is 1. The minimum atomic E-state index is -0.108. The molecule has 92 valence electrons. The standard InChI is InChI=1S/C11H13N3O.C2H6/c1-7-4-5-8-9(6-7)13-10(12-8)11(15)14(2)3;1-2/h4-6H,1-3H3,(H,12,13);1-2H3. The molecular formula is C13H19N3O. The van der Waals surface area contributed by atoms with Crippen molar-refractivity contribution in [2.75, 3.05) is 14.1 Å². The fourth-order valence-electron chi connectivity index (χ4n) is 1.44. The highest BCUT2D eigenvalue weighted by Crippen LogP contribution is 2.13. The molecule has 1 heterocycles. The molecule has 0 radical (unpaired) electrons. The maximum atomic E-state index is 11.6. The number of rotatable bonds is 1. The largest absolute Gasteiger partial charge is 0.342 e. The second-order valence-electron chi connectivity index (χ2n) is 3.81. The van der Waals surface area contributed by atoms with Crippen LogP contribution < -0.4 is 0 Å². The van der Waals surface area contributed by atoms with Crippen LogP contribution in [0.3, 0.4) is 0 Å². The lowest BCUT2D eigenvalue weighted by Crippen LogP contribution is -2.22. The van der Waals surface area contributed by atoms with Crippen LogP contribution in [0.25, 0.3) is 11.0 Å². The summed E-state index contributed by atoms with van der Waals surface area (Å²) in [6.07, 6.45) is 0. The molecule has 1 aromatic carbocycles. The minimum absolute atomic E-state index is 0.108. The van der Waals surface area contributed by atoms with Crippen LogP contribution in [-0.4, -0.2) is 34.9 Å². The maximum absolute atomic E-state index is 11.6. The zero-order valence-corrected chi connectivity index (χ0v) is 11.0. The Morgan fingerprint density at radius 2 is 1.94 bits per heavy atom. The highest BCUT2D eigenvalue weighted by atomic mass is 16.2. The lowest BCUT2D eigenvalue weighted by Gasteiger charge is -2.06. The maximum Gasteiger partial charge on any atom is 0.289 e. The van der Waals surface area contributed by atoms with Crippen LogP contribution in [0.1, 0.15) is 30.0 Å². The van der Waals surface area contributed by atoms with Crippen LogP contribution in [0.2, 0.25) is 0 Å². The number of carbonyl (C=O) groups excluding carboxylic acids is 1. The Balaban J connectivity index is 0.000000686. The van der Waals surface area contributed by atoms with Crippen LogP contribution >= 0.6 is 0 Å². The van der Waals surface area contributed by atoms with Gasteiger partial charge >= 0.3 is 0 Å². The van der Waals surface area contributed by atoms with E-state index in [1.54, 1.807) is 14.1 Å². The number of hydrogen-bond donors (Lipinski definition) is 1. The van der Waals surface area contributed by atoms with Crippen molar-refractivity contribution in [3.05, 3.63) is 29.6 Å². The van der Waals surface area contributed by atoms with E-state index in [0.29, 0.717) is 5.82 Å². The lowest BCUT2D eigenvalue weighted by atomic mass is 10.2. The Morgan fingerprint density at radius 1 is 1.29 bits per heavy atom. The van der Waals surface area contributed by atoms with E-state index in [0.717, 1.165) is 16.6 Å². The second kappa shape index (κ2) is 5.48. The van der Waals surface area contributed by atoms with Crippen molar-refractivity contribution in [2.24, 2.45) is 0 Å². The van der Waals surface area contributed by atoms with Crippen molar-refractivity contribution in [1.82, 2.24) is 14.9 Å². The summed E-state index contributed by atoms with van der Waals surface area (Å²) in [6.45, 7) is 6.01. The number of aromatic amines is 1. The smallest absolute Gasteiger partial charge is 0.289 e. The number of H-pyrrole nitrogens is 1. The Labute approximate surface area is 102 Å². The molecule has 1 aromatic heterocycles. The van der Waals surface area contributed by atoms with Crippen LogP contribution in [0.4, 0.5) is 0 Å². The zero-order valence-electron chi connectivity index (χ0n) is 11.0. The average molecular weight is 233 g/mol. The SMILES string of the molecule is CC.Cc1ccc2nc(C(=O)N(C)C)[nH]c2c1. The third kappa shape index (κ3) is 2.84. The number of hydrogen-bond acceptors (Lipinski definition) is 2. The quantitative estimate of drug-likeness (QED) is 0.823. The van der Waals surface area contributed by atoms with Crippen molar-refractivity contribution in [2.45, 2.75) is 20.8 Å². The van der Waals surface area contributed by atoms with Crippen molar-refractivity contribution in [3.8, 4) is 0 Å². The third-order valence-corrected chi connectivity index (χ3v) is 2.25. The number of benzene rings is 1. The van der Waals surface area contributed by atoms with E-state index in [-0.39, 0.29) is 5.91 Å². The molecule has 0 aliphatic rings. The number of fused-ring (bicyclic) bond motifs is 1. The van der Waals surface area contributed by atoms with E-state index in [1.165, 1.54) is 4.90 Å². The third-order valence-electron chi connectivity index (χ3n) is 2.25. The first-order valence-corrected chi connectivity index (χ1v) is 5.76. The summed E-state index contributed by atoms with van der Waals surface area (Å²) in [7, 11) is 3.42. The van der Waals surface area contributed by atoms with E-state index in [1.807, 2.05) is 39.0 Å². The first kappa shape index (κ1) is 13.2. The molecule has 0 fully saturated rings. The van der Waals surface area contributed by atoms with Gasteiger partial charge in [-0.2, -0.15) is 0 Å². The molecule has 0 aliphatic carbocycles. The topological polar surface area (TPSA) is 49.0 Å². The lowest BCUT2D eigenvalue weighted by molar-refractivity contribution is 0.0817. The number of carbonyl (C=O) groups is 1. The Kier molecular flexibility index (Phi) is 4.26. The van der Waals surface area contributed by atoms with Gasteiger partial charge in [-0.3, -0.25) is 4.79 Å². The molecule has 0 spiro atoms. The van der Waals surface area contributed by atoms with Gasteiger partial charge in [0, 0.05) is 14.1 Å². The number of aromatic nitrogens is 2. The number of nitrogens with zero attached hydrogens (tertiary/aromatic N) is 2. The summed E-state index contributed by atoms with van der Waals surface area (Å²) in [6, 6.07) is 5.87. The van der Waals surface area contributed by atoms with Crippen molar-refractivity contribution >= 4 is 16.9 Å². The summed E-state index contributed by atoms with van der Waals surface area (Å²) in [5.74, 6) is 0.282. The molecule has 0 aliphatic heterocycles. The molecule has 0 atom stereocenters. The number of imidazole rings is 1. The molecular weight excluding hydrogens is 214 g/mol. The van der Waals surface area contributed by atoms with Gasteiger partial charge in [-0.05, 0) is 24.6 Å². The Morgan fingerprint density at radius 3 is 2.53 bits per heavy atom. The van der Waals surface area contributed by atoms with Gasteiger partial charge in [-0.1, -0.05) is 19.9 Å². The van der Waals surface area contributed by atoms with Crippen molar-refractivity contribution in [1.29, 1.82) is 0 Å². The summed E-state index contributed by atoms with van der Waals surface area (Å²) in [4.78, 5) is 20.4. The molecule has 2 aromatic rings. The molecule has 0 saturated carbocycles. The van der Waals surface area contributed by atoms with Gasteiger partial charge in [0.25, 0.3) is 5.91 Å². The average Bonchev–Trinajstić information content (AvgIpc) is 2.73. The molecule has 2 rings (SSSR count). The summed E-state index contributed by atoms with van der Waals surface area (Å²) >= 11 is 0. The molecule has 0 unspecified atom stereocenters. The highest BCUT2D eigenvalue weighted by molar-refractivity contribution is 5.93. The Bertz CT molecular complexity index is 514. The summed E-state index contributed by atoms with van der Waals surface area (Å²) < 4.78 is 0. The highest BCUT2D eigenvalue weighted by Gasteiger charge is 2.12. The fraction of sp³-hybridized carbons (Fsp3) is 0.385. The molecule has 1 amide bonds. The summed E-state index contributed by atoms with van der Waals surface area (Å²) in [5.41, 5.74) is 2.88. The van der Waals surface area contributed by atoms with Crippen LogP contribution in [-0.2, 0) is 0 Å². The van der Waals surface area contributed by atoms with Crippen molar-refractivity contribution in [3.63, 3.8) is 0 Å². The molecule has 4 heteroatoms. The van der Waals surface area contributed by atoms with E-state index >= 15 is 0 Å². The van der Waals surface area contributed by atoms with Crippen LogP contribution in [0.5, 0.6) is 0 Å². The molecule has 4 nitrogen and oxygen atoms in total. The molecule has 17 heavy (non-hydrogen) atoms. The molecule has 1 N–H and O–H groups in total. The van der Waals surface area contributed by atoms with Crippen LogP contribution in [0, 0.1) is 6.92 Å². The van der Waals surface area contributed by atoms with Gasteiger partial charge < -0.3 is 9.88 Å². The van der Waals surface area contributed by atoms with Gasteiger partial charge in [0.2, 0.25) is 0 Å². The normalized spacial score (nSPS) is 9.71. The van der Waals surface area contributed by atoms with Crippen molar-refractivity contribution < 1.29 is 4.79 Å².